The number of aryl methyl sites for hydroxylation is 1. The molecule has 1 aromatic heterocycles. The molecular formula is C20H26N4O3. The number of likely N-dealkylation sites (tertiary alicyclic amines) is 1. The van der Waals surface area contributed by atoms with Crippen molar-refractivity contribution < 1.29 is 14.3 Å². The largest absolute Gasteiger partial charge is 0.356 e. The maximum atomic E-state index is 13.4. The van der Waals surface area contributed by atoms with E-state index in [1.165, 1.54) is 12.8 Å². The minimum absolute atomic E-state index is 0.0111. The van der Waals surface area contributed by atoms with Crippen LogP contribution in [-0.2, 0) is 21.4 Å². The predicted octanol–water partition coefficient (Wildman–Crippen LogP) is 0.989. The monoisotopic (exact) mass is 370 g/mol. The predicted molar refractivity (Wildman–Crippen MR) is 97.4 cm³/mol. The fourth-order valence-electron chi connectivity index (χ4n) is 5.61. The fraction of sp³-hybridized carbons (Fsp3) is 0.650. The van der Waals surface area contributed by atoms with Gasteiger partial charge in [0.15, 0.2) is 6.10 Å². The zero-order valence-electron chi connectivity index (χ0n) is 15.8. The van der Waals surface area contributed by atoms with Gasteiger partial charge in [0, 0.05) is 38.9 Å². The van der Waals surface area contributed by atoms with Crippen LogP contribution in [0.1, 0.15) is 24.4 Å². The van der Waals surface area contributed by atoms with Crippen molar-refractivity contribution in [2.45, 2.75) is 25.0 Å². The highest BCUT2D eigenvalue weighted by Gasteiger charge is 2.50. The third-order valence-electron chi connectivity index (χ3n) is 7.06. The second-order valence-corrected chi connectivity index (χ2v) is 8.49. The summed E-state index contributed by atoms with van der Waals surface area (Å²) in [6.45, 7) is 1.58. The summed E-state index contributed by atoms with van der Waals surface area (Å²) < 4.78 is 7.49. The van der Waals surface area contributed by atoms with Crippen molar-refractivity contribution in [2.75, 3.05) is 26.7 Å². The van der Waals surface area contributed by atoms with Gasteiger partial charge >= 0.3 is 0 Å². The number of carbonyl (C=O) groups is 2. The summed E-state index contributed by atoms with van der Waals surface area (Å²) >= 11 is 0. The molecule has 3 aliphatic carbocycles. The number of rotatable bonds is 2. The highest BCUT2D eigenvalue weighted by molar-refractivity contribution is 5.86. The molecule has 6 rings (SSSR count). The van der Waals surface area contributed by atoms with E-state index >= 15 is 0 Å². The van der Waals surface area contributed by atoms with Crippen LogP contribution in [0.4, 0.5) is 0 Å². The molecule has 0 N–H and O–H groups in total. The zero-order chi connectivity index (χ0) is 18.7. The number of morpholine rings is 1. The second kappa shape index (κ2) is 6.19. The van der Waals surface area contributed by atoms with Crippen molar-refractivity contribution in [3.63, 3.8) is 0 Å². The van der Waals surface area contributed by atoms with Gasteiger partial charge in [-0.3, -0.25) is 14.3 Å². The van der Waals surface area contributed by atoms with Gasteiger partial charge in [-0.1, -0.05) is 12.2 Å². The van der Waals surface area contributed by atoms with Crippen molar-refractivity contribution in [1.82, 2.24) is 19.6 Å². The van der Waals surface area contributed by atoms with E-state index in [-0.39, 0.29) is 18.4 Å². The molecule has 0 aromatic carbocycles. The number of fused-ring (bicyclic) bond motifs is 1. The molecule has 0 spiro atoms. The molecule has 2 saturated heterocycles. The number of nitrogens with zero attached hydrogens (tertiary/aromatic N) is 4. The lowest BCUT2D eigenvalue weighted by molar-refractivity contribution is -0.167. The van der Waals surface area contributed by atoms with Crippen LogP contribution in [0.3, 0.4) is 0 Å². The second-order valence-electron chi connectivity index (χ2n) is 8.49. The first kappa shape index (κ1) is 17.0. The highest BCUT2D eigenvalue weighted by Crippen LogP contribution is 2.48. The average Bonchev–Trinajstić information content (AvgIpc) is 3.32. The van der Waals surface area contributed by atoms with Crippen molar-refractivity contribution in [2.24, 2.45) is 30.7 Å². The van der Waals surface area contributed by atoms with E-state index in [1.807, 2.05) is 18.1 Å². The smallest absolute Gasteiger partial charge is 0.254 e. The quantitative estimate of drug-likeness (QED) is 0.728. The molecule has 7 nitrogen and oxygen atoms in total. The Morgan fingerprint density at radius 1 is 1.15 bits per heavy atom. The summed E-state index contributed by atoms with van der Waals surface area (Å²) in [5.41, 5.74) is 0.838. The average molecular weight is 370 g/mol. The lowest BCUT2D eigenvalue weighted by Crippen LogP contribution is -2.53. The summed E-state index contributed by atoms with van der Waals surface area (Å²) in [5.74, 6) is 2.30. The molecule has 2 bridgehead atoms. The van der Waals surface area contributed by atoms with Gasteiger partial charge in [0.05, 0.1) is 12.2 Å². The number of ether oxygens (including phenoxy) is 1. The van der Waals surface area contributed by atoms with Gasteiger partial charge in [-0.25, -0.2) is 0 Å². The van der Waals surface area contributed by atoms with Gasteiger partial charge in [-0.15, -0.1) is 0 Å². The van der Waals surface area contributed by atoms with Crippen LogP contribution in [0, 0.1) is 23.7 Å². The molecule has 3 fully saturated rings. The zero-order valence-corrected chi connectivity index (χ0v) is 15.8. The van der Waals surface area contributed by atoms with Gasteiger partial charge in [-0.05, 0) is 36.5 Å². The first-order valence-corrected chi connectivity index (χ1v) is 9.86. The molecule has 0 radical (unpaired) electrons. The van der Waals surface area contributed by atoms with Crippen LogP contribution in [0.5, 0.6) is 0 Å². The summed E-state index contributed by atoms with van der Waals surface area (Å²) in [6.07, 6.45) is 10.1. The number of allylic oxidation sites excluding steroid dienone is 2. The van der Waals surface area contributed by atoms with Crippen molar-refractivity contribution in [1.29, 1.82) is 0 Å². The van der Waals surface area contributed by atoms with Crippen LogP contribution in [0.25, 0.3) is 0 Å². The number of hydrogen-bond acceptors (Lipinski definition) is 4. The van der Waals surface area contributed by atoms with E-state index in [4.69, 9.17) is 4.74 Å². The number of hydrogen-bond donors (Lipinski definition) is 0. The number of amides is 2. The number of likely N-dealkylation sites (N-methyl/N-ethyl adjacent to an activating group) is 1. The molecule has 6 atom stereocenters. The SMILES string of the molecule is CN1C(=O)CO[C@@H](C(=O)N2CC3C4C=CC(CC4)C3C2)[C@H]1c1cnn(C)c1. The van der Waals surface area contributed by atoms with E-state index in [1.54, 1.807) is 22.8 Å². The Morgan fingerprint density at radius 3 is 2.37 bits per heavy atom. The Hall–Kier alpha value is -2.15. The molecule has 4 unspecified atom stereocenters. The summed E-state index contributed by atoms with van der Waals surface area (Å²) in [4.78, 5) is 29.3. The molecule has 144 valence electrons. The summed E-state index contributed by atoms with van der Waals surface area (Å²) in [5, 5.41) is 4.22. The molecule has 2 aliphatic heterocycles. The topological polar surface area (TPSA) is 67.7 Å². The molecule has 1 aromatic rings. The lowest BCUT2D eigenvalue weighted by atomic mass is 9.64. The number of aromatic nitrogens is 2. The Bertz CT molecular complexity index is 781. The van der Waals surface area contributed by atoms with E-state index in [0.29, 0.717) is 23.7 Å². The van der Waals surface area contributed by atoms with E-state index in [9.17, 15) is 9.59 Å². The third kappa shape index (κ3) is 2.63. The van der Waals surface area contributed by atoms with Gasteiger partial charge in [0.1, 0.15) is 6.61 Å². The van der Waals surface area contributed by atoms with Gasteiger partial charge in [0.2, 0.25) is 5.91 Å². The molecule has 7 heteroatoms. The maximum Gasteiger partial charge on any atom is 0.254 e. The standard InChI is InChI=1S/C20H26N4O3/c1-22-8-14(7-21-22)18-19(27-11-17(25)23(18)2)20(26)24-9-15-12-3-4-13(6-5-12)16(15)10-24/h3-4,7-8,12-13,15-16,18-19H,5-6,9-11H2,1-2H3/t12?,13?,15?,16?,18-,19-/m1/s1. The summed E-state index contributed by atoms with van der Waals surface area (Å²) in [7, 11) is 3.58. The molecule has 3 heterocycles. The summed E-state index contributed by atoms with van der Waals surface area (Å²) in [6, 6.07) is -0.426. The highest BCUT2D eigenvalue weighted by atomic mass is 16.5. The molecular weight excluding hydrogens is 344 g/mol. The third-order valence-corrected chi connectivity index (χ3v) is 7.06. The Kier molecular flexibility index (Phi) is 3.89. The minimum Gasteiger partial charge on any atom is -0.356 e. The van der Waals surface area contributed by atoms with Gasteiger partial charge < -0.3 is 14.5 Å². The fourth-order valence-corrected chi connectivity index (χ4v) is 5.61. The van der Waals surface area contributed by atoms with Crippen LogP contribution in [-0.4, -0.2) is 64.2 Å². The first-order chi connectivity index (χ1) is 13.0. The van der Waals surface area contributed by atoms with Crippen LogP contribution in [0.15, 0.2) is 24.5 Å². The lowest BCUT2D eigenvalue weighted by Gasteiger charge is -2.40. The Morgan fingerprint density at radius 2 is 1.81 bits per heavy atom. The Balaban J connectivity index is 1.39. The normalized spacial score (nSPS) is 37.8. The van der Waals surface area contributed by atoms with E-state index < -0.39 is 12.1 Å². The number of carbonyl (C=O) groups excluding carboxylic acids is 2. The molecule has 5 aliphatic rings. The van der Waals surface area contributed by atoms with Gasteiger partial charge in [0.25, 0.3) is 5.91 Å². The van der Waals surface area contributed by atoms with Crippen molar-refractivity contribution >= 4 is 11.8 Å². The van der Waals surface area contributed by atoms with Crippen molar-refractivity contribution in [3.05, 3.63) is 30.1 Å². The van der Waals surface area contributed by atoms with Crippen LogP contribution >= 0.6 is 0 Å². The van der Waals surface area contributed by atoms with E-state index in [0.717, 1.165) is 18.7 Å². The van der Waals surface area contributed by atoms with E-state index in [2.05, 4.69) is 17.3 Å². The van der Waals surface area contributed by atoms with Crippen LogP contribution in [0.2, 0.25) is 0 Å². The van der Waals surface area contributed by atoms with Crippen LogP contribution < -0.4 is 0 Å². The minimum atomic E-state index is -0.664. The maximum absolute atomic E-state index is 13.4. The van der Waals surface area contributed by atoms with Gasteiger partial charge in [-0.2, -0.15) is 5.10 Å². The molecule has 1 saturated carbocycles. The first-order valence-electron chi connectivity index (χ1n) is 9.86. The molecule has 27 heavy (non-hydrogen) atoms. The molecule has 2 amide bonds. The van der Waals surface area contributed by atoms with Crippen molar-refractivity contribution in [3.8, 4) is 0 Å². The Labute approximate surface area is 158 Å².